The number of hydrogen-bond acceptors (Lipinski definition) is 4. The fourth-order valence-electron chi connectivity index (χ4n) is 2.84. The van der Waals surface area contributed by atoms with Gasteiger partial charge in [0.25, 0.3) is 0 Å². The van der Waals surface area contributed by atoms with E-state index in [1.165, 1.54) is 10.8 Å². The molecule has 3 rings (SSSR count). The number of benzene rings is 2. The topological polar surface area (TPSA) is 49.7 Å². The molecule has 138 valence electrons. The monoisotopic (exact) mass is 374 g/mol. The number of rotatable bonds is 7. The lowest BCUT2D eigenvalue weighted by Crippen LogP contribution is -2.26. The lowest BCUT2D eigenvalue weighted by atomic mass is 10.0. The third-order valence-corrected chi connectivity index (χ3v) is 5.62. The first-order valence-electron chi connectivity index (χ1n) is 8.68. The molecule has 2 aromatic carbocycles. The van der Waals surface area contributed by atoms with Crippen molar-refractivity contribution in [1.29, 1.82) is 0 Å². The van der Waals surface area contributed by atoms with Crippen LogP contribution in [0.25, 0.3) is 10.1 Å². The summed E-state index contributed by atoms with van der Waals surface area (Å²) in [6.45, 7) is 3.15. The number of fused-ring (bicyclic) bond motifs is 1. The van der Waals surface area contributed by atoms with Crippen LogP contribution in [0, 0.1) is 5.82 Å². The average Bonchev–Trinajstić information content (AvgIpc) is 3.03. The number of hydrogen-bond donors (Lipinski definition) is 2. The van der Waals surface area contributed by atoms with Gasteiger partial charge in [-0.05, 0) is 54.6 Å². The largest absolute Gasteiger partial charge is 0.393 e. The molecular formula is C21H23FO3S. The maximum absolute atomic E-state index is 14.3. The third-order valence-electron chi connectivity index (χ3n) is 4.51. The van der Waals surface area contributed by atoms with Crippen LogP contribution in [0.1, 0.15) is 36.0 Å². The summed E-state index contributed by atoms with van der Waals surface area (Å²) in [6.07, 6.45) is -1.18. The molecule has 0 aliphatic rings. The van der Waals surface area contributed by atoms with E-state index < -0.39 is 18.3 Å². The molecule has 0 fully saturated rings. The van der Waals surface area contributed by atoms with E-state index in [0.717, 1.165) is 10.3 Å². The van der Waals surface area contributed by atoms with Gasteiger partial charge in [-0.3, -0.25) is 0 Å². The second kappa shape index (κ2) is 8.27. The van der Waals surface area contributed by atoms with E-state index >= 15 is 0 Å². The number of ether oxygens (including phenoxy) is 1. The van der Waals surface area contributed by atoms with Gasteiger partial charge in [0.2, 0.25) is 0 Å². The van der Waals surface area contributed by atoms with Gasteiger partial charge in [-0.2, -0.15) is 0 Å². The smallest absolute Gasteiger partial charge is 0.126 e. The molecule has 2 N–H and O–H groups in total. The summed E-state index contributed by atoms with van der Waals surface area (Å²) in [4.78, 5) is 1.08. The molecule has 3 unspecified atom stereocenters. The minimum atomic E-state index is -0.650. The molecule has 3 nitrogen and oxygen atoms in total. The van der Waals surface area contributed by atoms with Crippen molar-refractivity contribution in [3.63, 3.8) is 0 Å². The summed E-state index contributed by atoms with van der Waals surface area (Å²) in [7, 11) is 0. The van der Waals surface area contributed by atoms with Crippen LogP contribution in [0.2, 0.25) is 0 Å². The average molecular weight is 374 g/mol. The molecule has 0 aliphatic carbocycles. The molecule has 0 bridgehead atoms. The predicted octanol–water partition coefficient (Wildman–Crippen LogP) is 4.45. The Labute approximate surface area is 156 Å². The molecule has 0 amide bonds. The highest BCUT2D eigenvalue weighted by Crippen LogP contribution is 2.29. The summed E-state index contributed by atoms with van der Waals surface area (Å²) in [5.41, 5.74) is 1.28. The molecule has 1 aromatic heterocycles. The zero-order valence-corrected chi connectivity index (χ0v) is 15.7. The van der Waals surface area contributed by atoms with E-state index in [-0.39, 0.29) is 12.4 Å². The Balaban J connectivity index is 1.84. The van der Waals surface area contributed by atoms with Crippen LogP contribution in [0.3, 0.4) is 0 Å². The first-order valence-corrected chi connectivity index (χ1v) is 9.49. The molecule has 0 saturated carbocycles. The summed E-state index contributed by atoms with van der Waals surface area (Å²) in [6, 6.07) is 15.0. The van der Waals surface area contributed by atoms with Crippen molar-refractivity contribution in [3.8, 4) is 0 Å². The van der Waals surface area contributed by atoms with Gasteiger partial charge in [0, 0.05) is 16.0 Å². The van der Waals surface area contributed by atoms with Gasteiger partial charge in [0.15, 0.2) is 0 Å². The van der Waals surface area contributed by atoms with E-state index in [4.69, 9.17) is 4.74 Å². The summed E-state index contributed by atoms with van der Waals surface area (Å²) < 4.78 is 21.2. The van der Waals surface area contributed by atoms with Crippen LogP contribution in [0.15, 0.2) is 48.5 Å². The fraction of sp³-hybridized carbons (Fsp3) is 0.333. The molecule has 26 heavy (non-hydrogen) atoms. The van der Waals surface area contributed by atoms with E-state index in [1.54, 1.807) is 37.3 Å². The zero-order valence-electron chi connectivity index (χ0n) is 14.9. The Bertz CT molecular complexity index is 842. The lowest BCUT2D eigenvalue weighted by Gasteiger charge is -2.23. The molecule has 0 saturated heterocycles. The molecule has 3 atom stereocenters. The van der Waals surface area contributed by atoms with Gasteiger partial charge in [-0.1, -0.05) is 24.3 Å². The van der Waals surface area contributed by atoms with Crippen molar-refractivity contribution in [2.24, 2.45) is 0 Å². The standard InChI is InChI=1S/C21H23FO3S/c1-13(24)14(2)25-20(12-23)15-7-8-19(22)17(9-15)11-18-10-16-5-3-4-6-21(16)26-18/h3-10,13-14,20,23-24H,11-12H2,1-2H3. The molecule has 0 radical (unpaired) electrons. The molecule has 0 aliphatic heterocycles. The Morgan fingerprint density at radius 3 is 2.58 bits per heavy atom. The maximum Gasteiger partial charge on any atom is 0.126 e. The first-order chi connectivity index (χ1) is 12.5. The van der Waals surface area contributed by atoms with Crippen molar-refractivity contribution in [2.75, 3.05) is 6.61 Å². The van der Waals surface area contributed by atoms with Crippen molar-refractivity contribution in [1.82, 2.24) is 0 Å². The van der Waals surface area contributed by atoms with Gasteiger partial charge >= 0.3 is 0 Å². The Morgan fingerprint density at radius 1 is 1.12 bits per heavy atom. The highest BCUT2D eigenvalue weighted by molar-refractivity contribution is 7.19. The van der Waals surface area contributed by atoms with E-state index in [9.17, 15) is 14.6 Å². The van der Waals surface area contributed by atoms with Crippen LogP contribution in [-0.2, 0) is 11.2 Å². The second-order valence-electron chi connectivity index (χ2n) is 6.53. The van der Waals surface area contributed by atoms with Gasteiger partial charge in [0.1, 0.15) is 11.9 Å². The molecule has 1 heterocycles. The number of aliphatic hydroxyl groups excluding tert-OH is 2. The van der Waals surface area contributed by atoms with E-state index in [1.807, 2.05) is 12.1 Å². The fourth-order valence-corrected chi connectivity index (χ4v) is 3.93. The Hall–Kier alpha value is -1.79. The predicted molar refractivity (Wildman–Crippen MR) is 103 cm³/mol. The number of thiophene rings is 1. The second-order valence-corrected chi connectivity index (χ2v) is 7.70. The van der Waals surface area contributed by atoms with Gasteiger partial charge < -0.3 is 14.9 Å². The van der Waals surface area contributed by atoms with Gasteiger partial charge in [-0.15, -0.1) is 11.3 Å². The van der Waals surface area contributed by atoms with Crippen molar-refractivity contribution in [2.45, 2.75) is 38.6 Å². The van der Waals surface area contributed by atoms with Gasteiger partial charge in [-0.25, -0.2) is 4.39 Å². The van der Waals surface area contributed by atoms with Crippen LogP contribution < -0.4 is 0 Å². The van der Waals surface area contributed by atoms with Crippen molar-refractivity contribution < 1.29 is 19.3 Å². The number of halogens is 1. The zero-order chi connectivity index (χ0) is 18.7. The summed E-state index contributed by atoms with van der Waals surface area (Å²) in [5, 5.41) is 20.4. The van der Waals surface area contributed by atoms with Crippen LogP contribution in [0.4, 0.5) is 4.39 Å². The molecule has 0 spiro atoms. The van der Waals surface area contributed by atoms with Crippen molar-refractivity contribution in [3.05, 3.63) is 70.4 Å². The minimum absolute atomic E-state index is 0.231. The quantitative estimate of drug-likeness (QED) is 0.642. The Kier molecular flexibility index (Phi) is 6.04. The number of aliphatic hydroxyl groups is 2. The highest BCUT2D eigenvalue weighted by Gasteiger charge is 2.19. The van der Waals surface area contributed by atoms with Crippen LogP contribution >= 0.6 is 11.3 Å². The van der Waals surface area contributed by atoms with Crippen LogP contribution in [0.5, 0.6) is 0 Å². The SMILES string of the molecule is CC(O)C(C)OC(CO)c1ccc(F)c(Cc2cc3ccccc3s2)c1. The Morgan fingerprint density at radius 2 is 1.88 bits per heavy atom. The third kappa shape index (κ3) is 4.30. The van der Waals surface area contributed by atoms with E-state index in [2.05, 4.69) is 18.2 Å². The molecule has 5 heteroatoms. The van der Waals surface area contributed by atoms with Crippen molar-refractivity contribution >= 4 is 21.4 Å². The normalized spacial score (nSPS) is 15.1. The van der Waals surface area contributed by atoms with Crippen LogP contribution in [-0.4, -0.2) is 29.0 Å². The molecule has 3 aromatic rings. The van der Waals surface area contributed by atoms with E-state index in [0.29, 0.717) is 17.5 Å². The highest BCUT2D eigenvalue weighted by atomic mass is 32.1. The first kappa shape index (κ1) is 19.0. The van der Waals surface area contributed by atoms with Gasteiger partial charge in [0.05, 0.1) is 18.8 Å². The minimum Gasteiger partial charge on any atom is -0.393 e. The summed E-state index contributed by atoms with van der Waals surface area (Å²) >= 11 is 1.66. The molecular weight excluding hydrogens is 351 g/mol. The lowest BCUT2D eigenvalue weighted by molar-refractivity contribution is -0.0797. The summed E-state index contributed by atoms with van der Waals surface area (Å²) in [5.74, 6) is -0.272. The maximum atomic E-state index is 14.3.